The quantitative estimate of drug-likeness (QED) is 0.558. The molecule has 0 radical (unpaired) electrons. The summed E-state index contributed by atoms with van der Waals surface area (Å²) in [5.74, 6) is -2.03. The molecule has 0 saturated heterocycles. The molecule has 0 bridgehead atoms. The molecule has 3 aliphatic carbocycles. The van der Waals surface area contributed by atoms with Crippen LogP contribution in [0.15, 0.2) is 0 Å². The van der Waals surface area contributed by atoms with Crippen LogP contribution >= 0.6 is 0 Å². The lowest BCUT2D eigenvalue weighted by atomic mass is 9.45. The van der Waals surface area contributed by atoms with Gasteiger partial charge in [-0.15, -0.1) is 0 Å². The molecule has 3 aliphatic rings. The zero-order valence-corrected chi connectivity index (χ0v) is 19.6. The molecule has 0 unspecified atom stereocenters. The Hall–Kier alpha value is -0.900. The van der Waals surface area contributed by atoms with Gasteiger partial charge in [0.25, 0.3) is 10.1 Å². The average molecular weight is 463 g/mol. The molecule has 0 aliphatic heterocycles. The van der Waals surface area contributed by atoms with Gasteiger partial charge in [0.15, 0.2) is 11.5 Å². The molecule has 178 valence electrons. The predicted octanol–water partition coefficient (Wildman–Crippen LogP) is 2.33. The predicted molar refractivity (Wildman–Crippen MR) is 111 cm³/mol. The number of unbranched alkanes of at least 4 members (excludes halogenated alkanes) is 1. The number of alkyl halides is 1. The van der Waals surface area contributed by atoms with Gasteiger partial charge in [-0.05, 0) is 44.9 Å². The van der Waals surface area contributed by atoms with Crippen LogP contribution in [0.2, 0.25) is 0 Å². The van der Waals surface area contributed by atoms with Crippen molar-refractivity contribution < 1.29 is 36.8 Å². The Morgan fingerprint density at radius 1 is 1.26 bits per heavy atom. The summed E-state index contributed by atoms with van der Waals surface area (Å²) in [4.78, 5) is 25.8. The molecule has 31 heavy (non-hydrogen) atoms. The summed E-state index contributed by atoms with van der Waals surface area (Å²) >= 11 is 0. The topological polar surface area (TPSA) is 118 Å². The molecule has 3 fully saturated rings. The Kier molecular flexibility index (Phi) is 6.26. The standard InChI is InChI=1S/C22H35FO7S/c1-5-6-10-19(2)16(24)8-7-15-14-9-11-21(27,18(26)13-30-31(4,28)29)20(14,3)12-17(25)22(15,19)23/h14-15,17,25,27H,5-13H2,1-4H3/t14-,15-,17-,19-,20-,21-,22-/m0/s1. The van der Waals surface area contributed by atoms with Gasteiger partial charge < -0.3 is 10.2 Å². The third-order valence-corrected chi connectivity index (χ3v) is 9.29. The summed E-state index contributed by atoms with van der Waals surface area (Å²) in [5, 5.41) is 22.5. The molecule has 9 heteroatoms. The second-order valence-corrected chi connectivity index (χ2v) is 11.9. The first kappa shape index (κ1) is 24.7. The molecule has 0 spiro atoms. The van der Waals surface area contributed by atoms with E-state index in [1.807, 2.05) is 6.92 Å². The summed E-state index contributed by atoms with van der Waals surface area (Å²) in [6.45, 7) is 4.46. The fourth-order valence-corrected chi connectivity index (χ4v) is 7.22. The van der Waals surface area contributed by atoms with Gasteiger partial charge in [0.1, 0.15) is 18.0 Å². The van der Waals surface area contributed by atoms with Crippen LogP contribution in [0.1, 0.15) is 72.1 Å². The fraction of sp³-hybridized carbons (Fsp3) is 0.909. The van der Waals surface area contributed by atoms with Gasteiger partial charge in [0.2, 0.25) is 0 Å². The second kappa shape index (κ2) is 7.85. The highest BCUT2D eigenvalue weighted by Gasteiger charge is 2.74. The lowest BCUT2D eigenvalue weighted by Crippen LogP contribution is -2.70. The minimum Gasteiger partial charge on any atom is -0.390 e. The summed E-state index contributed by atoms with van der Waals surface area (Å²) in [6, 6.07) is 0. The number of carbonyl (C=O) groups excluding carboxylic acids is 2. The third kappa shape index (κ3) is 3.50. The van der Waals surface area contributed by atoms with E-state index in [9.17, 15) is 28.2 Å². The number of aliphatic hydroxyl groups excluding tert-OH is 1. The van der Waals surface area contributed by atoms with Crippen molar-refractivity contribution in [2.45, 2.75) is 89.5 Å². The summed E-state index contributed by atoms with van der Waals surface area (Å²) in [7, 11) is -3.87. The molecule has 0 aromatic heterocycles. The molecular formula is C22H35FO7S. The molecule has 0 aromatic carbocycles. The lowest BCUT2D eigenvalue weighted by molar-refractivity contribution is -0.232. The van der Waals surface area contributed by atoms with E-state index in [0.717, 1.165) is 12.7 Å². The van der Waals surface area contributed by atoms with E-state index in [4.69, 9.17) is 0 Å². The van der Waals surface area contributed by atoms with Gasteiger partial charge in [0, 0.05) is 17.8 Å². The Labute approximate surface area is 183 Å². The van der Waals surface area contributed by atoms with E-state index in [-0.39, 0.29) is 31.5 Å². The van der Waals surface area contributed by atoms with Crippen LogP contribution in [0.4, 0.5) is 4.39 Å². The summed E-state index contributed by atoms with van der Waals surface area (Å²) in [6.07, 6.45) is 1.81. The van der Waals surface area contributed by atoms with E-state index in [2.05, 4.69) is 4.18 Å². The highest BCUT2D eigenvalue weighted by Crippen LogP contribution is 2.68. The van der Waals surface area contributed by atoms with Crippen molar-refractivity contribution in [2.24, 2.45) is 22.7 Å². The van der Waals surface area contributed by atoms with Crippen molar-refractivity contribution in [1.29, 1.82) is 0 Å². The first-order valence-electron chi connectivity index (χ1n) is 11.2. The van der Waals surface area contributed by atoms with E-state index >= 15 is 4.39 Å². The zero-order chi connectivity index (χ0) is 23.5. The largest absolute Gasteiger partial charge is 0.390 e. The van der Waals surface area contributed by atoms with E-state index in [0.29, 0.717) is 19.3 Å². The van der Waals surface area contributed by atoms with Crippen molar-refractivity contribution >= 4 is 21.7 Å². The number of carbonyl (C=O) groups is 2. The van der Waals surface area contributed by atoms with Crippen LogP contribution in [0.5, 0.6) is 0 Å². The van der Waals surface area contributed by atoms with Gasteiger partial charge in [-0.25, -0.2) is 4.39 Å². The van der Waals surface area contributed by atoms with Gasteiger partial charge in [-0.2, -0.15) is 8.42 Å². The van der Waals surface area contributed by atoms with Crippen molar-refractivity contribution in [3.63, 3.8) is 0 Å². The van der Waals surface area contributed by atoms with Crippen LogP contribution in [0, 0.1) is 22.7 Å². The maximum Gasteiger partial charge on any atom is 0.264 e. The monoisotopic (exact) mass is 462 g/mol. The number of Topliss-reactive ketones (excluding diaryl/α,β-unsaturated/α-hetero) is 2. The molecule has 0 aromatic rings. The van der Waals surface area contributed by atoms with Crippen molar-refractivity contribution in [2.75, 3.05) is 12.9 Å². The summed E-state index contributed by atoms with van der Waals surface area (Å²) < 4.78 is 44.1. The Morgan fingerprint density at radius 3 is 2.48 bits per heavy atom. The number of aliphatic hydroxyl groups is 2. The molecule has 3 saturated carbocycles. The highest BCUT2D eigenvalue weighted by atomic mass is 32.2. The maximum atomic E-state index is 16.9. The SMILES string of the molecule is CCCC[C@@]1(C)C(=O)CC[C@H]2[C@@H]3CC[C@](O)(C(=O)COS(C)(=O)=O)[C@@]3(C)C[C@H](O)[C@@]21F. The van der Waals surface area contributed by atoms with Gasteiger partial charge >= 0.3 is 0 Å². The minimum atomic E-state index is -3.87. The molecule has 7 nitrogen and oxygen atoms in total. The molecule has 0 amide bonds. The van der Waals surface area contributed by atoms with E-state index < -0.39 is 62.5 Å². The molecular weight excluding hydrogens is 427 g/mol. The highest BCUT2D eigenvalue weighted by molar-refractivity contribution is 7.86. The Bertz CT molecular complexity index is 860. The first-order chi connectivity index (χ1) is 14.2. The Balaban J connectivity index is 1.97. The van der Waals surface area contributed by atoms with Gasteiger partial charge in [-0.1, -0.05) is 26.7 Å². The smallest absolute Gasteiger partial charge is 0.264 e. The number of fused-ring (bicyclic) bond motifs is 3. The molecule has 0 heterocycles. The van der Waals surface area contributed by atoms with E-state index in [1.54, 1.807) is 13.8 Å². The van der Waals surface area contributed by atoms with Gasteiger partial charge in [-0.3, -0.25) is 13.8 Å². The number of hydrogen-bond acceptors (Lipinski definition) is 7. The maximum absolute atomic E-state index is 16.9. The number of ketones is 2. The lowest BCUT2D eigenvalue weighted by Gasteiger charge is -2.61. The second-order valence-electron chi connectivity index (χ2n) is 10.3. The van der Waals surface area contributed by atoms with Crippen LogP contribution in [-0.2, 0) is 23.9 Å². The molecule has 2 N–H and O–H groups in total. The minimum absolute atomic E-state index is 0.0407. The number of halogens is 1. The van der Waals surface area contributed by atoms with Crippen LogP contribution in [-0.4, -0.2) is 60.4 Å². The fourth-order valence-electron chi connectivity index (χ4n) is 6.89. The van der Waals surface area contributed by atoms with Crippen LogP contribution < -0.4 is 0 Å². The van der Waals surface area contributed by atoms with E-state index in [1.165, 1.54) is 0 Å². The third-order valence-electron chi connectivity index (χ3n) is 8.75. The number of rotatable bonds is 7. The van der Waals surface area contributed by atoms with Crippen LogP contribution in [0.25, 0.3) is 0 Å². The zero-order valence-electron chi connectivity index (χ0n) is 18.8. The van der Waals surface area contributed by atoms with Crippen molar-refractivity contribution in [3.8, 4) is 0 Å². The average Bonchev–Trinajstić information content (AvgIpc) is 2.94. The molecule has 3 rings (SSSR count). The Morgan fingerprint density at radius 2 is 1.90 bits per heavy atom. The van der Waals surface area contributed by atoms with Crippen LogP contribution in [0.3, 0.4) is 0 Å². The van der Waals surface area contributed by atoms with Gasteiger partial charge in [0.05, 0.1) is 17.8 Å². The number of hydrogen-bond donors (Lipinski definition) is 2. The van der Waals surface area contributed by atoms with Crippen molar-refractivity contribution in [3.05, 3.63) is 0 Å². The first-order valence-corrected chi connectivity index (χ1v) is 13.0. The van der Waals surface area contributed by atoms with Crippen molar-refractivity contribution in [1.82, 2.24) is 0 Å². The normalized spacial score (nSPS) is 45.3. The molecule has 7 atom stereocenters. The summed E-state index contributed by atoms with van der Waals surface area (Å²) in [5.41, 5.74) is -6.50.